The highest BCUT2D eigenvalue weighted by atomic mass is 35.5. The van der Waals surface area contributed by atoms with Crippen LogP contribution in [0.3, 0.4) is 0 Å². The standard InChI is InChI=1S/C27H17ClN2O6S/c1-13-3-10-19-17(11-13)23-21(25(32)30(19)15-5-7-16(34-2)8-6-15)22(31)24(26(33)36-23)37-27-29-18-9-4-14(28)12-20(18)35-27/h3-12,31H,1-2H3. The highest BCUT2D eigenvalue weighted by Crippen LogP contribution is 2.38. The van der Waals surface area contributed by atoms with E-state index in [1.807, 2.05) is 13.0 Å². The zero-order valence-corrected chi connectivity index (χ0v) is 21.0. The summed E-state index contributed by atoms with van der Waals surface area (Å²) in [5.74, 6) is 0.122. The van der Waals surface area contributed by atoms with Crippen molar-refractivity contribution in [3.05, 3.63) is 92.0 Å². The van der Waals surface area contributed by atoms with Crippen molar-refractivity contribution in [1.82, 2.24) is 9.55 Å². The Balaban J connectivity index is 1.62. The second-order valence-corrected chi connectivity index (χ2v) is 9.72. The lowest BCUT2D eigenvalue weighted by Gasteiger charge is -2.14. The number of aromatic hydroxyl groups is 1. The third-order valence-corrected chi connectivity index (χ3v) is 7.11. The number of halogens is 1. The van der Waals surface area contributed by atoms with E-state index in [1.54, 1.807) is 61.7 Å². The molecule has 3 heterocycles. The summed E-state index contributed by atoms with van der Waals surface area (Å²) >= 11 is 6.79. The van der Waals surface area contributed by atoms with Crippen LogP contribution >= 0.6 is 23.4 Å². The number of aryl methyl sites for hydroxylation is 1. The number of nitrogens with zero attached hydrogens (tertiary/aromatic N) is 2. The average Bonchev–Trinajstić information content (AvgIpc) is 3.28. The van der Waals surface area contributed by atoms with E-state index in [1.165, 1.54) is 4.57 Å². The molecule has 0 unspecified atom stereocenters. The van der Waals surface area contributed by atoms with Crippen LogP contribution < -0.4 is 15.9 Å². The molecule has 3 aromatic carbocycles. The van der Waals surface area contributed by atoms with Crippen LogP contribution in [0.4, 0.5) is 0 Å². The smallest absolute Gasteiger partial charge is 0.354 e. The summed E-state index contributed by atoms with van der Waals surface area (Å²) < 4.78 is 18.0. The summed E-state index contributed by atoms with van der Waals surface area (Å²) in [6.07, 6.45) is 0. The maximum Gasteiger partial charge on any atom is 0.354 e. The Morgan fingerprint density at radius 1 is 1.03 bits per heavy atom. The van der Waals surface area contributed by atoms with E-state index in [-0.39, 0.29) is 21.1 Å². The molecule has 184 valence electrons. The predicted octanol–water partition coefficient (Wildman–Crippen LogP) is 6.07. The molecule has 0 amide bonds. The lowest BCUT2D eigenvalue weighted by atomic mass is 10.1. The van der Waals surface area contributed by atoms with Crippen LogP contribution in [0.15, 0.2) is 89.2 Å². The van der Waals surface area contributed by atoms with Crippen LogP contribution in [0.25, 0.3) is 38.7 Å². The molecule has 3 aromatic heterocycles. The molecule has 0 saturated heterocycles. The third-order valence-electron chi connectivity index (χ3n) is 5.96. The van der Waals surface area contributed by atoms with Crippen molar-refractivity contribution < 1.29 is 18.7 Å². The van der Waals surface area contributed by atoms with E-state index < -0.39 is 16.9 Å². The van der Waals surface area contributed by atoms with Gasteiger partial charge in [0.25, 0.3) is 10.8 Å². The summed E-state index contributed by atoms with van der Waals surface area (Å²) in [7, 11) is 1.56. The van der Waals surface area contributed by atoms with Crippen LogP contribution in [0.5, 0.6) is 11.5 Å². The number of aromatic nitrogens is 2. The zero-order valence-electron chi connectivity index (χ0n) is 19.4. The molecule has 0 atom stereocenters. The van der Waals surface area contributed by atoms with Gasteiger partial charge >= 0.3 is 5.63 Å². The minimum atomic E-state index is -0.820. The number of methoxy groups -OCH3 is 1. The highest BCUT2D eigenvalue weighted by Gasteiger charge is 2.24. The van der Waals surface area contributed by atoms with Crippen molar-refractivity contribution in [3.63, 3.8) is 0 Å². The van der Waals surface area contributed by atoms with Gasteiger partial charge in [-0.15, -0.1) is 0 Å². The van der Waals surface area contributed by atoms with Crippen molar-refractivity contribution in [1.29, 1.82) is 0 Å². The van der Waals surface area contributed by atoms with Crippen molar-refractivity contribution in [2.45, 2.75) is 17.0 Å². The molecule has 6 rings (SSSR count). The maximum absolute atomic E-state index is 13.8. The van der Waals surface area contributed by atoms with Gasteiger partial charge in [0, 0.05) is 22.2 Å². The van der Waals surface area contributed by atoms with Gasteiger partial charge in [0.05, 0.1) is 12.6 Å². The Labute approximate surface area is 217 Å². The number of rotatable bonds is 4. The molecule has 0 aliphatic carbocycles. The van der Waals surface area contributed by atoms with Crippen molar-refractivity contribution in [2.75, 3.05) is 7.11 Å². The molecule has 6 aromatic rings. The van der Waals surface area contributed by atoms with Gasteiger partial charge in [0.2, 0.25) is 0 Å². The molecular formula is C27H17ClN2O6S. The van der Waals surface area contributed by atoms with Gasteiger partial charge in [-0.1, -0.05) is 23.2 Å². The number of hydrogen-bond donors (Lipinski definition) is 1. The fraction of sp³-hybridized carbons (Fsp3) is 0.0741. The number of pyridine rings is 1. The lowest BCUT2D eigenvalue weighted by molar-refractivity contribution is 0.414. The summed E-state index contributed by atoms with van der Waals surface area (Å²) in [5.41, 5.74) is 1.54. The third kappa shape index (κ3) is 3.83. The Morgan fingerprint density at radius 2 is 1.81 bits per heavy atom. The zero-order chi connectivity index (χ0) is 25.8. The first kappa shape index (κ1) is 23.2. The number of hydrogen-bond acceptors (Lipinski definition) is 8. The van der Waals surface area contributed by atoms with E-state index in [2.05, 4.69) is 4.98 Å². The molecule has 8 nitrogen and oxygen atoms in total. The topological polar surface area (TPSA) is 108 Å². The summed E-state index contributed by atoms with van der Waals surface area (Å²) in [5, 5.41) is 12.2. The van der Waals surface area contributed by atoms with Crippen molar-refractivity contribution >= 4 is 56.3 Å². The Kier molecular flexibility index (Phi) is 5.47. The summed E-state index contributed by atoms with van der Waals surface area (Å²) in [4.78, 5) is 31.0. The van der Waals surface area contributed by atoms with Gasteiger partial charge in [0.1, 0.15) is 21.5 Å². The summed E-state index contributed by atoms with van der Waals surface area (Å²) in [6.45, 7) is 1.88. The molecule has 0 radical (unpaired) electrons. The fourth-order valence-electron chi connectivity index (χ4n) is 4.23. The normalized spacial score (nSPS) is 11.5. The van der Waals surface area contributed by atoms with Crippen LogP contribution in [0, 0.1) is 6.92 Å². The number of oxazole rings is 1. The monoisotopic (exact) mass is 532 g/mol. The minimum absolute atomic E-state index is 0.00431. The summed E-state index contributed by atoms with van der Waals surface area (Å²) in [6, 6.07) is 17.3. The molecule has 0 spiro atoms. The van der Waals surface area contributed by atoms with Gasteiger partial charge in [-0.25, -0.2) is 9.78 Å². The largest absolute Gasteiger partial charge is 0.505 e. The van der Waals surface area contributed by atoms with Crippen LogP contribution in [-0.4, -0.2) is 21.8 Å². The molecule has 1 N–H and O–H groups in total. The lowest BCUT2D eigenvalue weighted by Crippen LogP contribution is -2.20. The SMILES string of the molecule is COc1ccc(-n2c(=O)c3c(O)c(Sc4nc5ccc(Cl)cc5o4)c(=O)oc3c3cc(C)ccc32)cc1. The molecule has 37 heavy (non-hydrogen) atoms. The van der Waals surface area contributed by atoms with Gasteiger partial charge in [-0.05, 0) is 67.2 Å². The van der Waals surface area contributed by atoms with Crippen molar-refractivity contribution in [3.8, 4) is 17.2 Å². The first-order valence-corrected chi connectivity index (χ1v) is 12.3. The first-order chi connectivity index (χ1) is 17.8. The van der Waals surface area contributed by atoms with E-state index in [4.69, 9.17) is 25.2 Å². The first-order valence-electron chi connectivity index (χ1n) is 11.1. The van der Waals surface area contributed by atoms with E-state index >= 15 is 0 Å². The van der Waals surface area contributed by atoms with Gasteiger partial charge in [-0.3, -0.25) is 9.36 Å². The Bertz CT molecular complexity index is 1970. The molecule has 0 aliphatic rings. The number of ether oxygens (including phenoxy) is 1. The molecule has 10 heteroatoms. The predicted molar refractivity (Wildman–Crippen MR) is 142 cm³/mol. The van der Waals surface area contributed by atoms with Crippen LogP contribution in [0.2, 0.25) is 5.02 Å². The number of benzene rings is 3. The second kappa shape index (κ2) is 8.72. The Morgan fingerprint density at radius 3 is 2.57 bits per heavy atom. The second-order valence-electron chi connectivity index (χ2n) is 8.32. The molecule has 0 saturated carbocycles. The van der Waals surface area contributed by atoms with Gasteiger partial charge in [-0.2, -0.15) is 0 Å². The number of fused-ring (bicyclic) bond motifs is 4. The van der Waals surface area contributed by atoms with E-state index in [0.29, 0.717) is 38.5 Å². The quantitative estimate of drug-likeness (QED) is 0.273. The van der Waals surface area contributed by atoms with E-state index in [9.17, 15) is 14.7 Å². The molecular weight excluding hydrogens is 516 g/mol. The molecule has 0 bridgehead atoms. The van der Waals surface area contributed by atoms with Gasteiger partial charge < -0.3 is 18.7 Å². The highest BCUT2D eigenvalue weighted by molar-refractivity contribution is 7.99. The fourth-order valence-corrected chi connectivity index (χ4v) is 5.17. The van der Waals surface area contributed by atoms with Crippen LogP contribution in [-0.2, 0) is 0 Å². The minimum Gasteiger partial charge on any atom is -0.505 e. The van der Waals surface area contributed by atoms with Crippen molar-refractivity contribution in [2.24, 2.45) is 0 Å². The molecule has 0 fully saturated rings. The average molecular weight is 533 g/mol. The van der Waals surface area contributed by atoms with E-state index in [0.717, 1.165) is 17.3 Å². The maximum atomic E-state index is 13.8. The van der Waals surface area contributed by atoms with Crippen LogP contribution in [0.1, 0.15) is 5.56 Å². The van der Waals surface area contributed by atoms with Gasteiger partial charge in [0.15, 0.2) is 16.9 Å². The molecule has 0 aliphatic heterocycles. The Hall–Kier alpha value is -4.21.